The molecule has 0 amide bonds. The molecule has 0 spiro atoms. The lowest BCUT2D eigenvalue weighted by molar-refractivity contribution is -0.181. The highest BCUT2D eigenvalue weighted by Gasteiger charge is 2.51. The molecule has 0 bridgehead atoms. The molecule has 2 atom stereocenters. The van der Waals surface area contributed by atoms with Crippen molar-refractivity contribution in [2.45, 2.75) is 26.4 Å². The van der Waals surface area contributed by atoms with E-state index in [0.717, 1.165) is 0 Å². The van der Waals surface area contributed by atoms with Gasteiger partial charge in [-0.3, -0.25) is 14.4 Å². The third-order valence-corrected chi connectivity index (χ3v) is 3.88. The number of hydrogen-bond donors (Lipinski definition) is 0. The SMILES string of the molecule is COC(=O)C[C@H]1C(=O)C(C)(C)C(=O)O[C@@H]1c1ccc(F)cc1. The van der Waals surface area contributed by atoms with Crippen LogP contribution < -0.4 is 0 Å². The predicted molar refractivity (Wildman–Crippen MR) is 74.1 cm³/mol. The van der Waals surface area contributed by atoms with Gasteiger partial charge in [0.1, 0.15) is 17.3 Å². The van der Waals surface area contributed by atoms with Gasteiger partial charge in [-0.1, -0.05) is 12.1 Å². The fourth-order valence-electron chi connectivity index (χ4n) is 2.46. The lowest BCUT2D eigenvalue weighted by Gasteiger charge is -2.37. The predicted octanol–water partition coefficient (Wildman–Crippen LogP) is 2.20. The van der Waals surface area contributed by atoms with Crippen molar-refractivity contribution in [3.8, 4) is 0 Å². The van der Waals surface area contributed by atoms with Gasteiger partial charge in [0.2, 0.25) is 0 Å². The molecule has 1 aliphatic heterocycles. The van der Waals surface area contributed by atoms with E-state index < -0.39 is 35.2 Å². The fraction of sp³-hybridized carbons (Fsp3) is 0.438. The molecule has 0 saturated carbocycles. The summed E-state index contributed by atoms with van der Waals surface area (Å²) in [5, 5.41) is 0. The van der Waals surface area contributed by atoms with Gasteiger partial charge in [-0.05, 0) is 31.5 Å². The number of methoxy groups -OCH3 is 1. The Morgan fingerprint density at radius 3 is 2.41 bits per heavy atom. The average Bonchev–Trinajstić information content (AvgIpc) is 2.49. The van der Waals surface area contributed by atoms with E-state index in [4.69, 9.17) is 4.74 Å². The quantitative estimate of drug-likeness (QED) is 0.632. The number of cyclic esters (lactones) is 1. The van der Waals surface area contributed by atoms with Crippen LogP contribution in [0.15, 0.2) is 24.3 Å². The van der Waals surface area contributed by atoms with Crippen LogP contribution in [0.2, 0.25) is 0 Å². The van der Waals surface area contributed by atoms with Gasteiger partial charge in [0.25, 0.3) is 0 Å². The van der Waals surface area contributed by atoms with Crippen molar-refractivity contribution in [3.05, 3.63) is 35.6 Å². The summed E-state index contributed by atoms with van der Waals surface area (Å²) >= 11 is 0. The number of esters is 2. The summed E-state index contributed by atoms with van der Waals surface area (Å²) in [7, 11) is 1.22. The van der Waals surface area contributed by atoms with Gasteiger partial charge < -0.3 is 9.47 Å². The Morgan fingerprint density at radius 1 is 1.27 bits per heavy atom. The summed E-state index contributed by atoms with van der Waals surface area (Å²) in [6.45, 7) is 2.92. The topological polar surface area (TPSA) is 69.7 Å². The highest BCUT2D eigenvalue weighted by Crippen LogP contribution is 2.41. The summed E-state index contributed by atoms with van der Waals surface area (Å²) in [4.78, 5) is 36.2. The van der Waals surface area contributed by atoms with E-state index in [0.29, 0.717) is 5.56 Å². The number of ketones is 1. The highest BCUT2D eigenvalue weighted by molar-refractivity contribution is 6.07. The molecule has 1 aliphatic rings. The van der Waals surface area contributed by atoms with Gasteiger partial charge in [-0.25, -0.2) is 4.39 Å². The molecule has 6 heteroatoms. The molecule has 0 aromatic heterocycles. The van der Waals surface area contributed by atoms with Gasteiger partial charge in [0.15, 0.2) is 5.78 Å². The molecule has 5 nitrogen and oxygen atoms in total. The molecular formula is C16H17FO5. The molecule has 22 heavy (non-hydrogen) atoms. The number of rotatable bonds is 3. The van der Waals surface area contributed by atoms with Crippen LogP contribution in [0.3, 0.4) is 0 Å². The fourth-order valence-corrected chi connectivity index (χ4v) is 2.46. The van der Waals surface area contributed by atoms with Crippen LogP contribution in [0.5, 0.6) is 0 Å². The van der Waals surface area contributed by atoms with E-state index in [9.17, 15) is 18.8 Å². The molecule has 1 aromatic rings. The van der Waals surface area contributed by atoms with E-state index in [1.807, 2.05) is 0 Å². The molecule has 1 saturated heterocycles. The Balaban J connectivity index is 2.39. The van der Waals surface area contributed by atoms with Crippen LogP contribution in [0.4, 0.5) is 4.39 Å². The molecule has 1 aromatic carbocycles. The van der Waals surface area contributed by atoms with Crippen molar-refractivity contribution in [2.75, 3.05) is 7.11 Å². The van der Waals surface area contributed by atoms with Crippen LogP contribution in [0.25, 0.3) is 0 Å². The lowest BCUT2D eigenvalue weighted by atomic mass is 9.74. The average molecular weight is 308 g/mol. The van der Waals surface area contributed by atoms with Gasteiger partial charge in [-0.2, -0.15) is 0 Å². The first kappa shape index (κ1) is 16.1. The summed E-state index contributed by atoms with van der Waals surface area (Å²) in [6.07, 6.45) is -1.12. The Bertz CT molecular complexity index is 605. The van der Waals surface area contributed by atoms with E-state index in [1.165, 1.54) is 45.2 Å². The highest BCUT2D eigenvalue weighted by atomic mass is 19.1. The molecule has 0 aliphatic carbocycles. The van der Waals surface area contributed by atoms with Crippen molar-refractivity contribution < 1.29 is 28.2 Å². The Morgan fingerprint density at radius 2 is 1.86 bits per heavy atom. The van der Waals surface area contributed by atoms with Crippen molar-refractivity contribution in [1.82, 2.24) is 0 Å². The van der Waals surface area contributed by atoms with Crippen LogP contribution in [-0.4, -0.2) is 24.8 Å². The summed E-state index contributed by atoms with van der Waals surface area (Å²) in [5.41, 5.74) is -0.859. The van der Waals surface area contributed by atoms with Crippen molar-refractivity contribution in [1.29, 1.82) is 0 Å². The van der Waals surface area contributed by atoms with E-state index in [1.54, 1.807) is 0 Å². The molecule has 1 heterocycles. The maximum absolute atomic E-state index is 13.0. The molecule has 0 N–H and O–H groups in total. The maximum Gasteiger partial charge on any atom is 0.319 e. The van der Waals surface area contributed by atoms with Crippen molar-refractivity contribution >= 4 is 17.7 Å². The van der Waals surface area contributed by atoms with E-state index in [2.05, 4.69) is 4.74 Å². The normalized spacial score (nSPS) is 23.8. The molecule has 118 valence electrons. The van der Waals surface area contributed by atoms with Crippen LogP contribution >= 0.6 is 0 Å². The van der Waals surface area contributed by atoms with E-state index in [-0.39, 0.29) is 12.2 Å². The van der Waals surface area contributed by atoms with E-state index >= 15 is 0 Å². The first-order chi connectivity index (χ1) is 10.3. The van der Waals surface area contributed by atoms with Crippen molar-refractivity contribution in [3.63, 3.8) is 0 Å². The number of carbonyl (C=O) groups excluding carboxylic acids is 3. The summed E-state index contributed by atoms with van der Waals surface area (Å²) in [5.74, 6) is -2.91. The Labute approximate surface area is 127 Å². The Kier molecular flexibility index (Phi) is 4.30. The second-order valence-corrected chi connectivity index (χ2v) is 5.75. The number of ether oxygens (including phenoxy) is 2. The summed E-state index contributed by atoms with van der Waals surface area (Å²) in [6, 6.07) is 5.29. The zero-order valence-electron chi connectivity index (χ0n) is 12.6. The first-order valence-electron chi connectivity index (χ1n) is 6.85. The van der Waals surface area contributed by atoms with Crippen LogP contribution in [0, 0.1) is 17.2 Å². The summed E-state index contributed by atoms with van der Waals surface area (Å²) < 4.78 is 23.0. The number of carbonyl (C=O) groups is 3. The van der Waals surface area contributed by atoms with Gasteiger partial charge in [0.05, 0.1) is 19.4 Å². The minimum Gasteiger partial charge on any atom is -0.469 e. The Hall–Kier alpha value is -2.24. The van der Waals surface area contributed by atoms with Crippen molar-refractivity contribution in [2.24, 2.45) is 11.3 Å². The standard InChI is InChI=1S/C16H17FO5/c1-16(2)14(19)11(8-12(18)21-3)13(22-15(16)20)9-4-6-10(17)7-5-9/h4-7,11,13H,8H2,1-3H3/t11-,13-/m1/s1. The van der Waals surface area contributed by atoms with Crippen LogP contribution in [0.1, 0.15) is 31.9 Å². The van der Waals surface area contributed by atoms with Crippen LogP contribution in [-0.2, 0) is 23.9 Å². The minimum absolute atomic E-state index is 0.200. The van der Waals surface area contributed by atoms with Gasteiger partial charge in [0, 0.05) is 0 Å². The third-order valence-electron chi connectivity index (χ3n) is 3.88. The molecular weight excluding hydrogens is 291 g/mol. The molecule has 2 rings (SSSR count). The maximum atomic E-state index is 13.0. The second-order valence-electron chi connectivity index (χ2n) is 5.75. The number of hydrogen-bond acceptors (Lipinski definition) is 5. The number of halogens is 1. The largest absolute Gasteiger partial charge is 0.469 e. The third kappa shape index (κ3) is 2.86. The lowest BCUT2D eigenvalue weighted by Crippen LogP contribution is -2.48. The smallest absolute Gasteiger partial charge is 0.319 e. The minimum atomic E-state index is -1.32. The zero-order chi connectivity index (χ0) is 16.5. The number of benzene rings is 1. The molecule has 0 radical (unpaired) electrons. The molecule has 1 fully saturated rings. The number of Topliss-reactive ketones (excluding diaryl/α,β-unsaturated/α-hetero) is 1. The monoisotopic (exact) mass is 308 g/mol. The van der Waals surface area contributed by atoms with Gasteiger partial charge in [-0.15, -0.1) is 0 Å². The molecule has 0 unspecified atom stereocenters. The zero-order valence-corrected chi connectivity index (χ0v) is 12.6. The first-order valence-corrected chi connectivity index (χ1v) is 6.85. The van der Waals surface area contributed by atoms with Gasteiger partial charge >= 0.3 is 11.9 Å². The second kappa shape index (κ2) is 5.87.